The Bertz CT molecular complexity index is 207. The average Bonchev–Trinajstić information content (AvgIpc) is 2.15. The zero-order valence-electron chi connectivity index (χ0n) is 10.4. The van der Waals surface area contributed by atoms with Crippen LogP contribution in [0, 0.1) is 0 Å². The van der Waals surface area contributed by atoms with Crippen LogP contribution in [-0.2, 0) is 4.74 Å². The number of nitrogens with one attached hydrogen (secondary N) is 2. The molecular formula is C10H22N2O3S. The molecule has 5 nitrogen and oxygen atoms in total. The van der Waals surface area contributed by atoms with Crippen molar-refractivity contribution in [2.75, 3.05) is 18.6 Å². The lowest BCUT2D eigenvalue weighted by Gasteiger charge is -2.21. The summed E-state index contributed by atoms with van der Waals surface area (Å²) in [5.74, 6) is 0.925. The second-order valence-corrected chi connectivity index (χ2v) is 5.42. The summed E-state index contributed by atoms with van der Waals surface area (Å²) in [5, 5.41) is 9.03. The van der Waals surface area contributed by atoms with Gasteiger partial charge in [0.05, 0.1) is 12.6 Å². The summed E-state index contributed by atoms with van der Waals surface area (Å²) in [6, 6.07) is -0.139. The summed E-state index contributed by atoms with van der Waals surface area (Å²) in [4.78, 5) is 11.3. The van der Waals surface area contributed by atoms with Crippen molar-refractivity contribution in [1.29, 1.82) is 0 Å². The molecule has 96 valence electrons. The van der Waals surface area contributed by atoms with Crippen molar-refractivity contribution in [2.24, 2.45) is 0 Å². The van der Waals surface area contributed by atoms with Crippen LogP contribution in [0.3, 0.4) is 0 Å². The van der Waals surface area contributed by atoms with Gasteiger partial charge in [-0.3, -0.25) is 5.43 Å². The molecule has 16 heavy (non-hydrogen) atoms. The molecule has 0 fully saturated rings. The Balaban J connectivity index is 3.79. The monoisotopic (exact) mass is 250 g/mol. The number of rotatable bonds is 6. The Morgan fingerprint density at radius 3 is 2.56 bits per heavy atom. The molecule has 0 aromatic heterocycles. The molecule has 0 saturated heterocycles. The van der Waals surface area contributed by atoms with E-state index in [0.29, 0.717) is 0 Å². The maximum atomic E-state index is 11.3. The lowest BCUT2D eigenvalue weighted by Crippen LogP contribution is -2.48. The van der Waals surface area contributed by atoms with E-state index in [2.05, 4.69) is 10.9 Å². The van der Waals surface area contributed by atoms with Crippen LogP contribution < -0.4 is 10.9 Å². The molecule has 6 heteroatoms. The number of hydrogen-bond donors (Lipinski definition) is 3. The number of carbonyl (C=O) groups excluding carboxylic acids is 1. The minimum atomic E-state index is -0.532. The number of amides is 1. The zero-order valence-corrected chi connectivity index (χ0v) is 11.2. The summed E-state index contributed by atoms with van der Waals surface area (Å²) in [6.07, 6.45) is 2.25. The fourth-order valence-corrected chi connectivity index (χ4v) is 1.45. The Morgan fingerprint density at radius 2 is 2.12 bits per heavy atom. The van der Waals surface area contributed by atoms with Gasteiger partial charge < -0.3 is 9.84 Å². The van der Waals surface area contributed by atoms with Crippen molar-refractivity contribution in [2.45, 2.75) is 38.8 Å². The quantitative estimate of drug-likeness (QED) is 0.616. The molecule has 0 aliphatic carbocycles. The normalized spacial score (nSPS) is 13.3. The highest BCUT2D eigenvalue weighted by Gasteiger charge is 2.16. The van der Waals surface area contributed by atoms with Crippen LogP contribution in [0.25, 0.3) is 0 Å². The van der Waals surface area contributed by atoms with E-state index in [1.165, 1.54) is 0 Å². The first-order chi connectivity index (χ1) is 7.39. The largest absolute Gasteiger partial charge is 0.443 e. The SMILES string of the molecule is CSCCC(CO)NNC(=O)OC(C)(C)C. The van der Waals surface area contributed by atoms with Gasteiger partial charge in [0.2, 0.25) is 0 Å². The molecule has 1 atom stereocenters. The number of hydrazine groups is 1. The maximum absolute atomic E-state index is 11.3. The van der Waals surface area contributed by atoms with Crippen molar-refractivity contribution in [3.8, 4) is 0 Å². The third kappa shape index (κ3) is 8.82. The smallest absolute Gasteiger partial charge is 0.422 e. The minimum absolute atomic E-state index is 0.0175. The molecular weight excluding hydrogens is 228 g/mol. The van der Waals surface area contributed by atoms with E-state index in [1.54, 1.807) is 32.5 Å². The molecule has 0 spiro atoms. The van der Waals surface area contributed by atoms with Gasteiger partial charge in [-0.05, 0) is 39.2 Å². The Hall–Kier alpha value is -0.460. The molecule has 0 bridgehead atoms. The van der Waals surface area contributed by atoms with E-state index in [4.69, 9.17) is 9.84 Å². The Labute approximate surface area is 101 Å². The fourth-order valence-electron chi connectivity index (χ4n) is 0.934. The third-order valence-corrected chi connectivity index (χ3v) is 2.31. The molecule has 0 aromatic rings. The first-order valence-electron chi connectivity index (χ1n) is 5.23. The lowest BCUT2D eigenvalue weighted by atomic mass is 10.2. The predicted molar refractivity (Wildman–Crippen MR) is 66.4 cm³/mol. The van der Waals surface area contributed by atoms with E-state index in [-0.39, 0.29) is 12.6 Å². The summed E-state index contributed by atoms with van der Waals surface area (Å²) in [6.45, 7) is 5.37. The highest BCUT2D eigenvalue weighted by Crippen LogP contribution is 2.06. The number of aliphatic hydroxyl groups excluding tert-OH is 1. The van der Waals surface area contributed by atoms with Crippen LogP contribution in [0.15, 0.2) is 0 Å². The van der Waals surface area contributed by atoms with Crippen LogP contribution in [-0.4, -0.2) is 41.5 Å². The van der Waals surface area contributed by atoms with Gasteiger partial charge in [-0.2, -0.15) is 11.8 Å². The summed E-state index contributed by atoms with van der Waals surface area (Å²) >= 11 is 1.69. The fraction of sp³-hybridized carbons (Fsp3) is 0.900. The van der Waals surface area contributed by atoms with E-state index in [0.717, 1.165) is 12.2 Å². The number of hydrogen-bond acceptors (Lipinski definition) is 5. The van der Waals surface area contributed by atoms with Gasteiger partial charge >= 0.3 is 6.09 Å². The standard InChI is InChI=1S/C10H22N2O3S/c1-10(2,3)15-9(14)12-11-8(7-13)5-6-16-4/h8,11,13H,5-7H2,1-4H3,(H,12,14). The number of thioether (sulfide) groups is 1. The molecule has 3 N–H and O–H groups in total. The van der Waals surface area contributed by atoms with Gasteiger partial charge in [-0.15, -0.1) is 0 Å². The average molecular weight is 250 g/mol. The van der Waals surface area contributed by atoms with Gasteiger partial charge in [0, 0.05) is 0 Å². The van der Waals surface area contributed by atoms with Crippen molar-refractivity contribution in [3.63, 3.8) is 0 Å². The van der Waals surface area contributed by atoms with E-state index < -0.39 is 11.7 Å². The summed E-state index contributed by atoms with van der Waals surface area (Å²) in [7, 11) is 0. The van der Waals surface area contributed by atoms with E-state index in [1.807, 2.05) is 6.26 Å². The second-order valence-electron chi connectivity index (χ2n) is 4.43. The lowest BCUT2D eigenvalue weighted by molar-refractivity contribution is 0.0478. The molecule has 0 saturated carbocycles. The van der Waals surface area contributed by atoms with Crippen LogP contribution in [0.2, 0.25) is 0 Å². The maximum Gasteiger partial charge on any atom is 0.422 e. The van der Waals surface area contributed by atoms with Gasteiger partial charge in [0.15, 0.2) is 0 Å². The highest BCUT2D eigenvalue weighted by molar-refractivity contribution is 7.98. The molecule has 0 radical (unpaired) electrons. The highest BCUT2D eigenvalue weighted by atomic mass is 32.2. The summed E-state index contributed by atoms with van der Waals surface area (Å²) < 4.78 is 5.04. The zero-order chi connectivity index (χ0) is 12.6. The van der Waals surface area contributed by atoms with Crippen LogP contribution in [0.1, 0.15) is 27.2 Å². The Kier molecular flexibility index (Phi) is 7.53. The summed E-state index contributed by atoms with van der Waals surface area (Å²) in [5.41, 5.74) is 4.64. The van der Waals surface area contributed by atoms with Crippen molar-refractivity contribution < 1.29 is 14.6 Å². The van der Waals surface area contributed by atoms with Gasteiger partial charge in [-0.1, -0.05) is 0 Å². The van der Waals surface area contributed by atoms with Crippen molar-refractivity contribution in [1.82, 2.24) is 10.9 Å². The van der Waals surface area contributed by atoms with Crippen LogP contribution in [0.5, 0.6) is 0 Å². The molecule has 1 amide bonds. The predicted octanol–water partition coefficient (Wildman–Crippen LogP) is 1.13. The minimum Gasteiger partial charge on any atom is -0.443 e. The van der Waals surface area contributed by atoms with Gasteiger partial charge in [0.25, 0.3) is 0 Å². The second kappa shape index (κ2) is 7.76. The topological polar surface area (TPSA) is 70.6 Å². The third-order valence-electron chi connectivity index (χ3n) is 1.67. The molecule has 1 unspecified atom stereocenters. The number of carbonyl (C=O) groups is 1. The number of aliphatic hydroxyl groups is 1. The van der Waals surface area contributed by atoms with Crippen LogP contribution in [0.4, 0.5) is 4.79 Å². The first kappa shape index (κ1) is 15.5. The molecule has 0 aromatic carbocycles. The van der Waals surface area contributed by atoms with Crippen molar-refractivity contribution >= 4 is 17.9 Å². The van der Waals surface area contributed by atoms with Gasteiger partial charge in [-0.25, -0.2) is 10.2 Å². The Morgan fingerprint density at radius 1 is 1.50 bits per heavy atom. The number of ether oxygens (including phenoxy) is 1. The van der Waals surface area contributed by atoms with Gasteiger partial charge in [0.1, 0.15) is 5.60 Å². The molecule has 0 heterocycles. The molecule has 0 aliphatic heterocycles. The van der Waals surface area contributed by atoms with Crippen molar-refractivity contribution in [3.05, 3.63) is 0 Å². The molecule has 0 aliphatic rings. The molecule has 0 rings (SSSR count). The van der Waals surface area contributed by atoms with E-state index in [9.17, 15) is 4.79 Å². The van der Waals surface area contributed by atoms with E-state index >= 15 is 0 Å². The first-order valence-corrected chi connectivity index (χ1v) is 6.62. The van der Waals surface area contributed by atoms with Crippen LogP contribution >= 0.6 is 11.8 Å².